The van der Waals surface area contributed by atoms with E-state index in [1.54, 1.807) is 26.2 Å². The van der Waals surface area contributed by atoms with Crippen molar-refractivity contribution < 1.29 is 18.7 Å². The lowest BCUT2D eigenvalue weighted by Gasteiger charge is -2.04. The van der Waals surface area contributed by atoms with E-state index in [0.29, 0.717) is 17.9 Å². The Labute approximate surface area is 128 Å². The van der Waals surface area contributed by atoms with Gasteiger partial charge in [0.15, 0.2) is 5.76 Å². The number of fused-ring (bicyclic) bond motifs is 1. The van der Waals surface area contributed by atoms with Crippen molar-refractivity contribution in [2.45, 2.75) is 20.3 Å². The van der Waals surface area contributed by atoms with Crippen molar-refractivity contribution in [2.24, 2.45) is 0 Å². The Morgan fingerprint density at radius 1 is 1.27 bits per heavy atom. The number of carbonyl (C=O) groups is 2. The molecule has 118 valence electrons. The van der Waals surface area contributed by atoms with E-state index in [1.807, 2.05) is 13.0 Å². The van der Waals surface area contributed by atoms with Gasteiger partial charge in [-0.15, -0.1) is 0 Å². The summed E-state index contributed by atoms with van der Waals surface area (Å²) < 4.78 is 10.7. The summed E-state index contributed by atoms with van der Waals surface area (Å²) in [7, 11) is 1.58. The van der Waals surface area contributed by atoms with Crippen LogP contribution in [0, 0.1) is 6.92 Å². The summed E-state index contributed by atoms with van der Waals surface area (Å²) >= 11 is 0. The predicted molar refractivity (Wildman–Crippen MR) is 83.1 cm³/mol. The molecule has 1 aromatic carbocycles. The molecule has 0 spiro atoms. The Hall–Kier alpha value is -2.50. The van der Waals surface area contributed by atoms with Crippen LogP contribution < -0.4 is 15.4 Å². The van der Waals surface area contributed by atoms with Gasteiger partial charge in [-0.25, -0.2) is 0 Å². The molecule has 2 amide bonds. The first-order valence-corrected chi connectivity index (χ1v) is 7.18. The van der Waals surface area contributed by atoms with Gasteiger partial charge in [-0.2, -0.15) is 0 Å². The van der Waals surface area contributed by atoms with Crippen LogP contribution in [0.4, 0.5) is 0 Å². The smallest absolute Gasteiger partial charge is 0.287 e. The standard InChI is InChI=1S/C16H20N2O4/c1-4-7-17-14(19)9-18-16(20)15-10(2)12-8-11(21-3)5-6-13(12)22-15/h5-6,8H,4,7,9H2,1-3H3,(H,17,19)(H,18,20). The summed E-state index contributed by atoms with van der Waals surface area (Å²) in [5, 5.41) is 6.08. The minimum atomic E-state index is -0.403. The normalized spacial score (nSPS) is 10.5. The molecule has 0 saturated heterocycles. The molecule has 6 heteroatoms. The number of carbonyl (C=O) groups excluding carboxylic acids is 2. The molecule has 0 bridgehead atoms. The van der Waals surface area contributed by atoms with E-state index in [2.05, 4.69) is 10.6 Å². The lowest BCUT2D eigenvalue weighted by atomic mass is 10.1. The number of benzene rings is 1. The van der Waals surface area contributed by atoms with Gasteiger partial charge in [-0.3, -0.25) is 9.59 Å². The Balaban J connectivity index is 2.11. The van der Waals surface area contributed by atoms with Crippen molar-refractivity contribution in [3.8, 4) is 5.75 Å². The van der Waals surface area contributed by atoms with Gasteiger partial charge in [-0.05, 0) is 31.5 Å². The predicted octanol–water partition coefficient (Wildman–Crippen LogP) is 2.01. The van der Waals surface area contributed by atoms with Gasteiger partial charge in [0.1, 0.15) is 11.3 Å². The number of hydrogen-bond acceptors (Lipinski definition) is 4. The molecule has 2 rings (SSSR count). The van der Waals surface area contributed by atoms with Gasteiger partial charge in [0, 0.05) is 17.5 Å². The largest absolute Gasteiger partial charge is 0.497 e. The van der Waals surface area contributed by atoms with Crippen molar-refractivity contribution in [3.05, 3.63) is 29.5 Å². The molecule has 6 nitrogen and oxygen atoms in total. The minimum Gasteiger partial charge on any atom is -0.497 e. The Kier molecular flexibility index (Phi) is 5.04. The van der Waals surface area contributed by atoms with Gasteiger partial charge in [0.05, 0.1) is 13.7 Å². The minimum absolute atomic E-state index is 0.0708. The van der Waals surface area contributed by atoms with Gasteiger partial charge in [0.2, 0.25) is 5.91 Å². The summed E-state index contributed by atoms with van der Waals surface area (Å²) in [6.07, 6.45) is 0.851. The third kappa shape index (κ3) is 3.39. The lowest BCUT2D eigenvalue weighted by molar-refractivity contribution is -0.120. The first kappa shape index (κ1) is 15.9. The van der Waals surface area contributed by atoms with E-state index in [4.69, 9.17) is 9.15 Å². The molecule has 0 aliphatic rings. The second-order valence-corrected chi connectivity index (χ2v) is 4.95. The monoisotopic (exact) mass is 304 g/mol. The van der Waals surface area contributed by atoms with Crippen LogP contribution in [0.15, 0.2) is 22.6 Å². The molecular formula is C16H20N2O4. The zero-order valence-electron chi connectivity index (χ0n) is 13.0. The van der Waals surface area contributed by atoms with Crippen LogP contribution in [-0.2, 0) is 4.79 Å². The summed E-state index contributed by atoms with van der Waals surface area (Å²) in [5.41, 5.74) is 1.33. The third-order valence-corrected chi connectivity index (χ3v) is 3.33. The van der Waals surface area contributed by atoms with Gasteiger partial charge in [-0.1, -0.05) is 6.92 Å². The second-order valence-electron chi connectivity index (χ2n) is 4.95. The molecule has 2 N–H and O–H groups in total. The zero-order chi connectivity index (χ0) is 16.1. The van der Waals surface area contributed by atoms with Gasteiger partial charge < -0.3 is 19.8 Å². The van der Waals surface area contributed by atoms with Crippen molar-refractivity contribution >= 4 is 22.8 Å². The highest BCUT2D eigenvalue weighted by Crippen LogP contribution is 2.28. The highest BCUT2D eigenvalue weighted by atomic mass is 16.5. The average Bonchev–Trinajstić information content (AvgIpc) is 2.87. The van der Waals surface area contributed by atoms with Gasteiger partial charge >= 0.3 is 0 Å². The van der Waals surface area contributed by atoms with Crippen molar-refractivity contribution in [3.63, 3.8) is 0 Å². The maximum Gasteiger partial charge on any atom is 0.287 e. The number of rotatable bonds is 6. The van der Waals surface area contributed by atoms with E-state index >= 15 is 0 Å². The van der Waals surface area contributed by atoms with E-state index in [9.17, 15) is 9.59 Å². The van der Waals surface area contributed by atoms with Crippen LogP contribution >= 0.6 is 0 Å². The number of nitrogens with one attached hydrogen (secondary N) is 2. The molecule has 0 saturated carbocycles. The molecule has 0 fully saturated rings. The highest BCUT2D eigenvalue weighted by Gasteiger charge is 2.18. The molecule has 1 aromatic heterocycles. The number of ether oxygens (including phenoxy) is 1. The molecule has 0 aliphatic heterocycles. The van der Waals surface area contributed by atoms with E-state index < -0.39 is 5.91 Å². The van der Waals surface area contributed by atoms with Crippen LogP contribution in [0.3, 0.4) is 0 Å². The second kappa shape index (κ2) is 6.98. The Bertz CT molecular complexity index is 691. The third-order valence-electron chi connectivity index (χ3n) is 3.33. The van der Waals surface area contributed by atoms with Crippen molar-refractivity contribution in [1.29, 1.82) is 0 Å². The number of methoxy groups -OCH3 is 1. The molecule has 22 heavy (non-hydrogen) atoms. The number of amides is 2. The molecule has 0 unspecified atom stereocenters. The SMILES string of the molecule is CCCNC(=O)CNC(=O)c1oc2ccc(OC)cc2c1C. The van der Waals surface area contributed by atoms with Gasteiger partial charge in [0.25, 0.3) is 5.91 Å². The topological polar surface area (TPSA) is 80.6 Å². The summed E-state index contributed by atoms with van der Waals surface area (Å²) in [4.78, 5) is 23.7. The Morgan fingerprint density at radius 2 is 2.05 bits per heavy atom. The maximum absolute atomic E-state index is 12.2. The first-order valence-electron chi connectivity index (χ1n) is 7.18. The first-order chi connectivity index (χ1) is 10.6. The van der Waals surface area contributed by atoms with Crippen LogP contribution in [0.25, 0.3) is 11.0 Å². The fourth-order valence-electron chi connectivity index (χ4n) is 2.11. The van der Waals surface area contributed by atoms with Crippen molar-refractivity contribution in [1.82, 2.24) is 10.6 Å². The average molecular weight is 304 g/mol. The lowest BCUT2D eigenvalue weighted by Crippen LogP contribution is -2.37. The quantitative estimate of drug-likeness (QED) is 0.855. The molecule has 2 aromatic rings. The maximum atomic E-state index is 12.2. The highest BCUT2D eigenvalue weighted by molar-refractivity contribution is 6.00. The molecule has 0 aliphatic carbocycles. The Morgan fingerprint density at radius 3 is 2.73 bits per heavy atom. The van der Waals surface area contributed by atoms with E-state index in [-0.39, 0.29) is 18.2 Å². The molecule has 0 radical (unpaired) electrons. The van der Waals surface area contributed by atoms with E-state index in [1.165, 1.54) is 0 Å². The van der Waals surface area contributed by atoms with E-state index in [0.717, 1.165) is 17.4 Å². The summed E-state index contributed by atoms with van der Waals surface area (Å²) in [6.45, 7) is 4.29. The molecule has 1 heterocycles. The van der Waals surface area contributed by atoms with Crippen molar-refractivity contribution in [2.75, 3.05) is 20.2 Å². The summed E-state index contributed by atoms with van der Waals surface area (Å²) in [6, 6.07) is 5.34. The van der Waals surface area contributed by atoms with Crippen LogP contribution in [0.1, 0.15) is 29.5 Å². The zero-order valence-corrected chi connectivity index (χ0v) is 13.0. The van der Waals surface area contributed by atoms with Crippen LogP contribution in [0.5, 0.6) is 5.75 Å². The molecule has 0 atom stereocenters. The fourth-order valence-corrected chi connectivity index (χ4v) is 2.11. The van der Waals surface area contributed by atoms with Crippen LogP contribution in [0.2, 0.25) is 0 Å². The fraction of sp³-hybridized carbons (Fsp3) is 0.375. The summed E-state index contributed by atoms with van der Waals surface area (Å²) in [5.74, 6) is 0.291. The number of hydrogen-bond donors (Lipinski definition) is 2. The molecular weight excluding hydrogens is 284 g/mol. The van der Waals surface area contributed by atoms with Crippen LogP contribution in [-0.4, -0.2) is 32.0 Å². The number of aryl methyl sites for hydroxylation is 1. The number of furan rings is 1.